The number of rotatable bonds is 4. The van der Waals surface area contributed by atoms with Crippen LogP contribution < -0.4 is 15.8 Å². The zero-order chi connectivity index (χ0) is 21.2. The quantitative estimate of drug-likeness (QED) is 0.841. The van der Waals surface area contributed by atoms with Crippen LogP contribution in [0.5, 0.6) is 0 Å². The molecule has 6 nitrogen and oxygen atoms in total. The van der Waals surface area contributed by atoms with Crippen LogP contribution in [-0.4, -0.2) is 28.5 Å². The minimum absolute atomic E-state index is 0.0224. The first-order valence-corrected chi connectivity index (χ1v) is 9.47. The lowest BCUT2D eigenvalue weighted by atomic mass is 10.1. The van der Waals surface area contributed by atoms with Crippen LogP contribution in [-0.2, 0) is 17.5 Å². The number of nitrogens with one attached hydrogen (secondary N) is 1. The number of hydrogen-bond donors (Lipinski definition) is 1. The van der Waals surface area contributed by atoms with E-state index in [1.54, 1.807) is 13.8 Å². The zero-order valence-corrected chi connectivity index (χ0v) is 16.3. The molecule has 9 heteroatoms. The maximum Gasteiger partial charge on any atom is 0.416 e. The number of carbonyl (C=O) groups is 1. The number of halogens is 3. The Hall–Kier alpha value is -2.84. The highest BCUT2D eigenvalue weighted by Crippen LogP contribution is 2.30. The molecule has 1 saturated heterocycles. The molecule has 0 saturated carbocycles. The van der Waals surface area contributed by atoms with E-state index in [-0.39, 0.29) is 17.8 Å². The third kappa shape index (κ3) is 4.78. The molecule has 1 fully saturated rings. The van der Waals surface area contributed by atoms with Gasteiger partial charge in [0.2, 0.25) is 11.9 Å². The summed E-state index contributed by atoms with van der Waals surface area (Å²) in [7, 11) is 0. The minimum atomic E-state index is -4.50. The smallest absolute Gasteiger partial charge is 0.342 e. The highest BCUT2D eigenvalue weighted by molar-refractivity contribution is 5.90. The van der Waals surface area contributed by atoms with E-state index in [4.69, 9.17) is 0 Å². The number of aryl methyl sites for hydroxylation is 1. The van der Waals surface area contributed by atoms with Gasteiger partial charge in [0.25, 0.3) is 5.56 Å². The van der Waals surface area contributed by atoms with Crippen LogP contribution >= 0.6 is 0 Å². The second kappa shape index (κ2) is 8.26. The molecular formula is C20H23F3N4O2. The van der Waals surface area contributed by atoms with Crippen molar-refractivity contribution in [2.24, 2.45) is 0 Å². The van der Waals surface area contributed by atoms with Gasteiger partial charge in [-0.1, -0.05) is 6.07 Å². The third-order valence-corrected chi connectivity index (χ3v) is 5.03. The summed E-state index contributed by atoms with van der Waals surface area (Å²) in [5.41, 5.74) is -0.108. The third-order valence-electron chi connectivity index (χ3n) is 5.03. The van der Waals surface area contributed by atoms with Gasteiger partial charge in [0.05, 0.1) is 5.56 Å². The number of carbonyl (C=O) groups excluding carboxylic acids is 1. The van der Waals surface area contributed by atoms with Crippen molar-refractivity contribution in [3.8, 4) is 0 Å². The molecule has 29 heavy (non-hydrogen) atoms. The molecule has 0 atom stereocenters. The van der Waals surface area contributed by atoms with Gasteiger partial charge in [-0.15, -0.1) is 0 Å². The van der Waals surface area contributed by atoms with Crippen molar-refractivity contribution < 1.29 is 18.0 Å². The lowest BCUT2D eigenvalue weighted by Crippen LogP contribution is -2.39. The summed E-state index contributed by atoms with van der Waals surface area (Å²) in [4.78, 5) is 31.8. The number of amides is 1. The fourth-order valence-electron chi connectivity index (χ4n) is 3.34. The summed E-state index contributed by atoms with van der Waals surface area (Å²) >= 11 is 0. The predicted octanol–water partition coefficient (Wildman–Crippen LogP) is 3.51. The number of nitrogens with zero attached hydrogens (tertiary/aromatic N) is 3. The van der Waals surface area contributed by atoms with Crippen LogP contribution in [0.4, 0.5) is 24.8 Å². The molecule has 156 valence electrons. The summed E-state index contributed by atoms with van der Waals surface area (Å²) in [5, 5.41) is 2.45. The SMILES string of the molecule is Cc1nc(N2CCCCC2)n(CC(=O)Nc2cccc(C(F)(F)F)c2)c(=O)c1C. The number of anilines is 2. The van der Waals surface area contributed by atoms with Crippen LogP contribution in [0.15, 0.2) is 29.1 Å². The van der Waals surface area contributed by atoms with Crippen molar-refractivity contribution >= 4 is 17.5 Å². The van der Waals surface area contributed by atoms with Gasteiger partial charge in [-0.05, 0) is 51.3 Å². The summed E-state index contributed by atoms with van der Waals surface area (Å²) in [6.07, 6.45) is -1.46. The summed E-state index contributed by atoms with van der Waals surface area (Å²) in [5.74, 6) is -0.160. The van der Waals surface area contributed by atoms with Gasteiger partial charge in [-0.3, -0.25) is 14.2 Å². The lowest BCUT2D eigenvalue weighted by Gasteiger charge is -2.30. The minimum Gasteiger partial charge on any atom is -0.342 e. The number of piperidine rings is 1. The molecule has 1 aromatic heterocycles. The molecule has 0 bridgehead atoms. The Morgan fingerprint density at radius 2 is 1.86 bits per heavy atom. The lowest BCUT2D eigenvalue weighted by molar-refractivity contribution is -0.137. The van der Waals surface area contributed by atoms with Gasteiger partial charge in [0, 0.05) is 30.0 Å². The average molecular weight is 408 g/mol. The normalized spacial score (nSPS) is 14.7. The van der Waals surface area contributed by atoms with E-state index >= 15 is 0 Å². The van der Waals surface area contributed by atoms with Gasteiger partial charge < -0.3 is 10.2 Å². The maximum atomic E-state index is 12.9. The van der Waals surface area contributed by atoms with Crippen LogP contribution in [0.25, 0.3) is 0 Å². The fourth-order valence-corrected chi connectivity index (χ4v) is 3.34. The molecule has 1 N–H and O–H groups in total. The van der Waals surface area contributed by atoms with Crippen molar-refractivity contribution in [1.82, 2.24) is 9.55 Å². The Morgan fingerprint density at radius 3 is 2.52 bits per heavy atom. The second-order valence-corrected chi connectivity index (χ2v) is 7.19. The van der Waals surface area contributed by atoms with E-state index in [9.17, 15) is 22.8 Å². The highest BCUT2D eigenvalue weighted by Gasteiger charge is 2.30. The highest BCUT2D eigenvalue weighted by atomic mass is 19.4. The standard InChI is InChI=1S/C20H23F3N4O2/c1-13-14(2)24-19(26-9-4-3-5-10-26)27(18(13)29)12-17(28)25-16-8-6-7-15(11-16)20(21,22)23/h6-8,11H,3-5,9-10,12H2,1-2H3,(H,25,28). The second-order valence-electron chi connectivity index (χ2n) is 7.19. The summed E-state index contributed by atoms with van der Waals surface area (Å²) < 4.78 is 39.9. The molecule has 0 radical (unpaired) electrons. The first-order valence-electron chi connectivity index (χ1n) is 9.47. The topological polar surface area (TPSA) is 67.2 Å². The number of benzene rings is 1. The van der Waals surface area contributed by atoms with Gasteiger partial charge in [-0.25, -0.2) is 4.98 Å². The first kappa shape index (κ1) is 20.9. The molecule has 2 heterocycles. The van der Waals surface area contributed by atoms with Crippen LogP contribution in [0.3, 0.4) is 0 Å². The van der Waals surface area contributed by atoms with E-state index in [1.807, 2.05) is 4.90 Å². The number of hydrogen-bond acceptors (Lipinski definition) is 4. The van der Waals surface area contributed by atoms with Crippen molar-refractivity contribution in [3.63, 3.8) is 0 Å². The van der Waals surface area contributed by atoms with Gasteiger partial charge in [0.15, 0.2) is 0 Å². The van der Waals surface area contributed by atoms with Crippen molar-refractivity contribution in [2.45, 2.75) is 45.8 Å². The Labute approximate surface area is 166 Å². The molecule has 1 aliphatic rings. The molecule has 2 aromatic rings. The molecule has 0 spiro atoms. The van der Waals surface area contributed by atoms with Crippen LogP contribution in [0.1, 0.15) is 36.1 Å². The zero-order valence-electron chi connectivity index (χ0n) is 16.3. The first-order chi connectivity index (χ1) is 13.7. The van der Waals surface area contributed by atoms with E-state index in [2.05, 4.69) is 10.3 Å². The molecule has 3 rings (SSSR count). The van der Waals surface area contributed by atoms with Gasteiger partial charge in [-0.2, -0.15) is 13.2 Å². The van der Waals surface area contributed by atoms with E-state index < -0.39 is 17.6 Å². The molecule has 0 aliphatic carbocycles. The number of aromatic nitrogens is 2. The molecular weight excluding hydrogens is 385 g/mol. The molecule has 0 unspecified atom stereocenters. The Balaban J connectivity index is 1.86. The monoisotopic (exact) mass is 408 g/mol. The molecule has 1 aromatic carbocycles. The van der Waals surface area contributed by atoms with Gasteiger partial charge in [0.1, 0.15) is 6.54 Å². The molecule has 1 amide bonds. The summed E-state index contributed by atoms with van der Waals surface area (Å²) in [6.45, 7) is 4.55. The van der Waals surface area contributed by atoms with Crippen LogP contribution in [0.2, 0.25) is 0 Å². The Morgan fingerprint density at radius 1 is 1.17 bits per heavy atom. The van der Waals surface area contributed by atoms with E-state index in [1.165, 1.54) is 16.7 Å². The predicted molar refractivity (Wildman–Crippen MR) is 104 cm³/mol. The van der Waals surface area contributed by atoms with Crippen molar-refractivity contribution in [2.75, 3.05) is 23.3 Å². The fraction of sp³-hybridized carbons (Fsp3) is 0.450. The van der Waals surface area contributed by atoms with Crippen LogP contribution in [0, 0.1) is 13.8 Å². The van der Waals surface area contributed by atoms with Gasteiger partial charge >= 0.3 is 6.18 Å². The molecule has 1 aliphatic heterocycles. The van der Waals surface area contributed by atoms with Crippen molar-refractivity contribution in [1.29, 1.82) is 0 Å². The van der Waals surface area contributed by atoms with E-state index in [0.717, 1.165) is 44.5 Å². The van der Waals surface area contributed by atoms with E-state index in [0.29, 0.717) is 17.2 Å². The average Bonchev–Trinajstić information content (AvgIpc) is 2.68. The maximum absolute atomic E-state index is 12.9. The Kier molecular flexibility index (Phi) is 5.95. The number of alkyl halides is 3. The largest absolute Gasteiger partial charge is 0.416 e. The summed E-state index contributed by atoms with van der Waals surface area (Å²) in [6, 6.07) is 4.40. The Bertz CT molecular complexity index is 963. The van der Waals surface area contributed by atoms with Crippen molar-refractivity contribution in [3.05, 3.63) is 51.4 Å².